The number of halogens is 1. The van der Waals surface area contributed by atoms with Gasteiger partial charge in [0.05, 0.1) is 16.7 Å². The summed E-state index contributed by atoms with van der Waals surface area (Å²) in [5, 5.41) is 3.21. The van der Waals surface area contributed by atoms with Crippen LogP contribution < -0.4 is 5.56 Å². The molecule has 0 saturated carbocycles. The number of aromatic nitrogens is 4. The van der Waals surface area contributed by atoms with E-state index >= 15 is 0 Å². The van der Waals surface area contributed by atoms with Crippen molar-refractivity contribution >= 4 is 11.0 Å². The van der Waals surface area contributed by atoms with E-state index in [4.69, 9.17) is 4.74 Å². The highest BCUT2D eigenvalue weighted by molar-refractivity contribution is 5.76. The number of ether oxygens (including phenoxy) is 1. The van der Waals surface area contributed by atoms with E-state index in [1.807, 2.05) is 24.3 Å². The summed E-state index contributed by atoms with van der Waals surface area (Å²) in [5.41, 5.74) is 3.73. The van der Waals surface area contributed by atoms with Crippen LogP contribution in [0.15, 0.2) is 53.3 Å². The van der Waals surface area contributed by atoms with E-state index < -0.39 is 0 Å². The Balaban J connectivity index is 1.56. The zero-order valence-electron chi connectivity index (χ0n) is 16.5. The number of imidazole rings is 1. The van der Waals surface area contributed by atoms with Gasteiger partial charge in [-0.15, -0.1) is 0 Å². The van der Waals surface area contributed by atoms with Crippen molar-refractivity contribution in [3.05, 3.63) is 70.3 Å². The zero-order valence-corrected chi connectivity index (χ0v) is 16.5. The first-order chi connectivity index (χ1) is 14.7. The number of nitrogens with zero attached hydrogens (tertiary/aromatic N) is 2. The SMILES string of the molecule is O=c1c(CCC2CCOCC2)c(-c2ccc(F)cc2)[nH]n1-c1nc2ccccc2[nH]1. The lowest BCUT2D eigenvalue weighted by Gasteiger charge is -2.21. The molecular formula is C23H23FN4O2. The van der Waals surface area contributed by atoms with E-state index in [0.29, 0.717) is 29.5 Å². The van der Waals surface area contributed by atoms with Crippen LogP contribution >= 0.6 is 0 Å². The standard InChI is InChI=1S/C23H23FN4O2/c24-17-8-6-16(7-9-17)21-18(10-5-15-11-13-30-14-12-15)22(29)28(27-21)23-25-19-3-1-2-4-20(19)26-23/h1-4,6-9,15,27H,5,10-14H2,(H,25,26). The second kappa shape index (κ2) is 7.91. The van der Waals surface area contributed by atoms with Crippen LogP contribution in [0.5, 0.6) is 0 Å². The predicted octanol–water partition coefficient (Wildman–Crippen LogP) is 4.21. The molecule has 5 rings (SSSR count). The Morgan fingerprint density at radius 2 is 1.87 bits per heavy atom. The molecule has 0 bridgehead atoms. The molecule has 0 atom stereocenters. The van der Waals surface area contributed by atoms with E-state index in [-0.39, 0.29) is 11.4 Å². The van der Waals surface area contributed by atoms with Gasteiger partial charge < -0.3 is 9.72 Å². The third-order valence-corrected chi connectivity index (χ3v) is 5.85. The van der Waals surface area contributed by atoms with Crippen molar-refractivity contribution in [2.45, 2.75) is 25.7 Å². The number of fused-ring (bicyclic) bond motifs is 1. The number of rotatable bonds is 5. The van der Waals surface area contributed by atoms with E-state index in [1.54, 1.807) is 12.1 Å². The lowest BCUT2D eigenvalue weighted by molar-refractivity contribution is 0.0640. The fraction of sp³-hybridized carbons (Fsp3) is 0.304. The van der Waals surface area contributed by atoms with Crippen molar-refractivity contribution in [3.63, 3.8) is 0 Å². The highest BCUT2D eigenvalue weighted by Crippen LogP contribution is 2.26. The minimum absolute atomic E-state index is 0.125. The molecule has 2 N–H and O–H groups in total. The Hall–Kier alpha value is -3.19. The van der Waals surface area contributed by atoms with Gasteiger partial charge in [-0.3, -0.25) is 9.89 Å². The van der Waals surface area contributed by atoms with Gasteiger partial charge in [-0.1, -0.05) is 12.1 Å². The Bertz CT molecular complexity index is 1180. The van der Waals surface area contributed by atoms with Gasteiger partial charge in [-0.25, -0.2) is 9.37 Å². The van der Waals surface area contributed by atoms with Gasteiger partial charge in [0.25, 0.3) is 5.56 Å². The molecule has 1 aliphatic rings. The molecule has 3 heterocycles. The lowest BCUT2D eigenvalue weighted by Crippen LogP contribution is -2.20. The summed E-state index contributed by atoms with van der Waals surface area (Å²) in [4.78, 5) is 21.1. The minimum Gasteiger partial charge on any atom is -0.381 e. The lowest BCUT2D eigenvalue weighted by atomic mass is 9.92. The van der Waals surface area contributed by atoms with Crippen molar-refractivity contribution in [2.75, 3.05) is 13.2 Å². The molecule has 1 aliphatic heterocycles. The molecule has 4 aromatic rings. The fourth-order valence-corrected chi connectivity index (χ4v) is 4.14. The Kier molecular flexibility index (Phi) is 4.96. The molecule has 0 spiro atoms. The van der Waals surface area contributed by atoms with Gasteiger partial charge >= 0.3 is 0 Å². The van der Waals surface area contributed by atoms with Crippen molar-refractivity contribution in [1.29, 1.82) is 0 Å². The van der Waals surface area contributed by atoms with Gasteiger partial charge in [0, 0.05) is 24.3 Å². The largest absolute Gasteiger partial charge is 0.381 e. The first-order valence-electron chi connectivity index (χ1n) is 10.3. The molecule has 7 heteroatoms. The molecule has 0 amide bonds. The monoisotopic (exact) mass is 406 g/mol. The van der Waals surface area contributed by atoms with Crippen molar-refractivity contribution in [1.82, 2.24) is 19.7 Å². The molecule has 30 heavy (non-hydrogen) atoms. The minimum atomic E-state index is -0.304. The average molecular weight is 406 g/mol. The van der Waals surface area contributed by atoms with Gasteiger partial charge in [0.2, 0.25) is 5.95 Å². The third-order valence-electron chi connectivity index (χ3n) is 5.85. The first-order valence-corrected chi connectivity index (χ1v) is 10.3. The van der Waals surface area contributed by atoms with Crippen LogP contribution in [-0.2, 0) is 11.2 Å². The first kappa shape index (κ1) is 18.8. The molecule has 6 nitrogen and oxygen atoms in total. The maximum Gasteiger partial charge on any atom is 0.277 e. The summed E-state index contributed by atoms with van der Waals surface area (Å²) in [5.74, 6) is 0.692. The highest BCUT2D eigenvalue weighted by Gasteiger charge is 2.21. The summed E-state index contributed by atoms with van der Waals surface area (Å²) >= 11 is 0. The molecule has 0 unspecified atom stereocenters. The van der Waals surface area contributed by atoms with Gasteiger partial charge in [-0.05, 0) is 68.0 Å². The maximum atomic E-state index is 13.5. The molecule has 0 aliphatic carbocycles. The molecule has 1 saturated heterocycles. The fourth-order valence-electron chi connectivity index (χ4n) is 4.14. The Labute approximate surface area is 172 Å². The number of aromatic amines is 2. The third kappa shape index (κ3) is 3.57. The molecule has 1 fully saturated rings. The summed E-state index contributed by atoms with van der Waals surface area (Å²) in [7, 11) is 0. The second-order valence-electron chi connectivity index (χ2n) is 7.78. The number of para-hydroxylation sites is 2. The Morgan fingerprint density at radius 3 is 2.63 bits per heavy atom. The molecule has 0 radical (unpaired) electrons. The number of benzene rings is 2. The average Bonchev–Trinajstić information content (AvgIpc) is 3.34. The molecule has 2 aromatic carbocycles. The van der Waals surface area contributed by atoms with Gasteiger partial charge in [-0.2, -0.15) is 4.68 Å². The van der Waals surface area contributed by atoms with Crippen LogP contribution in [0, 0.1) is 11.7 Å². The number of H-pyrrole nitrogens is 2. The van der Waals surface area contributed by atoms with Crippen molar-refractivity contribution in [3.8, 4) is 17.2 Å². The Morgan fingerprint density at radius 1 is 1.10 bits per heavy atom. The summed E-state index contributed by atoms with van der Waals surface area (Å²) in [6.07, 6.45) is 3.62. The summed E-state index contributed by atoms with van der Waals surface area (Å²) < 4.78 is 20.4. The van der Waals surface area contributed by atoms with Crippen molar-refractivity contribution in [2.24, 2.45) is 5.92 Å². The van der Waals surface area contributed by atoms with E-state index in [9.17, 15) is 9.18 Å². The normalized spacial score (nSPS) is 15.1. The number of hydrogen-bond donors (Lipinski definition) is 2. The summed E-state index contributed by atoms with van der Waals surface area (Å²) in [6, 6.07) is 13.9. The van der Waals surface area contributed by atoms with Crippen LogP contribution in [-0.4, -0.2) is 33.0 Å². The smallest absolute Gasteiger partial charge is 0.277 e. The molecular weight excluding hydrogens is 383 g/mol. The van der Waals surface area contributed by atoms with Crippen LogP contribution in [0.4, 0.5) is 4.39 Å². The quantitative estimate of drug-likeness (QED) is 0.521. The number of hydrogen-bond acceptors (Lipinski definition) is 3. The van der Waals surface area contributed by atoms with Crippen molar-refractivity contribution < 1.29 is 9.13 Å². The van der Waals surface area contributed by atoms with Crippen LogP contribution in [0.2, 0.25) is 0 Å². The predicted molar refractivity (Wildman–Crippen MR) is 113 cm³/mol. The zero-order chi connectivity index (χ0) is 20.5. The second-order valence-corrected chi connectivity index (χ2v) is 7.78. The van der Waals surface area contributed by atoms with Gasteiger partial charge in [0.1, 0.15) is 5.82 Å². The number of nitrogens with one attached hydrogen (secondary N) is 2. The van der Waals surface area contributed by atoms with Crippen LogP contribution in [0.1, 0.15) is 24.8 Å². The maximum absolute atomic E-state index is 13.5. The van der Waals surface area contributed by atoms with Gasteiger partial charge in [0.15, 0.2) is 0 Å². The topological polar surface area (TPSA) is 75.7 Å². The van der Waals surface area contributed by atoms with E-state index in [1.165, 1.54) is 16.8 Å². The highest BCUT2D eigenvalue weighted by atomic mass is 19.1. The van der Waals surface area contributed by atoms with E-state index in [0.717, 1.165) is 49.1 Å². The van der Waals surface area contributed by atoms with E-state index in [2.05, 4.69) is 15.1 Å². The van der Waals surface area contributed by atoms with Crippen LogP contribution in [0.3, 0.4) is 0 Å². The molecule has 2 aromatic heterocycles. The summed E-state index contributed by atoms with van der Waals surface area (Å²) in [6.45, 7) is 1.57. The van der Waals surface area contributed by atoms with Crippen LogP contribution in [0.25, 0.3) is 28.2 Å². The molecule has 154 valence electrons.